The Morgan fingerprint density at radius 2 is 2.32 bits per heavy atom. The number of hydrogen-bond acceptors (Lipinski definition) is 4. The first-order chi connectivity index (χ1) is 9.09. The lowest BCUT2D eigenvalue weighted by atomic mass is 9.83. The second-order valence-electron chi connectivity index (χ2n) is 4.82. The molecule has 1 N–H and O–H groups in total. The van der Waals surface area contributed by atoms with Gasteiger partial charge in [0.1, 0.15) is 11.6 Å². The van der Waals surface area contributed by atoms with Gasteiger partial charge in [0.05, 0.1) is 23.7 Å². The maximum Gasteiger partial charge on any atom is 0.143 e. The predicted molar refractivity (Wildman–Crippen MR) is 72.0 cm³/mol. The van der Waals surface area contributed by atoms with Crippen molar-refractivity contribution in [1.82, 2.24) is 10.4 Å². The molecule has 0 fully saturated rings. The highest BCUT2D eigenvalue weighted by molar-refractivity contribution is 5.42. The summed E-state index contributed by atoms with van der Waals surface area (Å²) in [6, 6.07) is 7.80. The van der Waals surface area contributed by atoms with Gasteiger partial charge < -0.3 is 0 Å². The first-order valence-electron chi connectivity index (χ1n) is 6.27. The molecular weight excluding hydrogens is 243 g/mol. The first-order valence-corrected chi connectivity index (χ1v) is 6.27. The second-order valence-corrected chi connectivity index (χ2v) is 4.82. The number of hydrazine groups is 1. The molecule has 0 aromatic carbocycles. The SMILES string of the molecule is CNN1C/C(F)=C\CCC(C)(C#N)c2cccc1n2. The number of fused-ring (bicyclic) bond motifs is 2. The average Bonchev–Trinajstić information content (AvgIpc) is 2.44. The molecule has 19 heavy (non-hydrogen) atoms. The summed E-state index contributed by atoms with van der Waals surface area (Å²) in [6.07, 6.45) is 2.64. The molecule has 0 amide bonds. The van der Waals surface area contributed by atoms with Crippen LogP contribution in [0.15, 0.2) is 30.1 Å². The van der Waals surface area contributed by atoms with Gasteiger partial charge in [0.15, 0.2) is 0 Å². The van der Waals surface area contributed by atoms with Crippen LogP contribution in [0.4, 0.5) is 10.2 Å². The van der Waals surface area contributed by atoms with E-state index in [0.717, 1.165) is 5.69 Å². The molecule has 0 aliphatic carbocycles. The molecule has 4 nitrogen and oxygen atoms in total. The van der Waals surface area contributed by atoms with Crippen molar-refractivity contribution in [3.8, 4) is 6.07 Å². The van der Waals surface area contributed by atoms with Crippen molar-refractivity contribution >= 4 is 5.82 Å². The Morgan fingerprint density at radius 1 is 1.53 bits per heavy atom. The number of hydrogen-bond donors (Lipinski definition) is 1. The zero-order chi connectivity index (χ0) is 13.9. The van der Waals surface area contributed by atoms with E-state index in [9.17, 15) is 9.65 Å². The number of nitriles is 1. The normalized spacial score (nSPS) is 26.2. The number of nitrogens with zero attached hydrogens (tertiary/aromatic N) is 3. The van der Waals surface area contributed by atoms with Gasteiger partial charge in [-0.05, 0) is 31.9 Å². The van der Waals surface area contributed by atoms with Gasteiger partial charge in [0, 0.05) is 7.05 Å². The highest BCUT2D eigenvalue weighted by Gasteiger charge is 2.28. The van der Waals surface area contributed by atoms with Crippen molar-refractivity contribution < 1.29 is 4.39 Å². The summed E-state index contributed by atoms with van der Waals surface area (Å²) in [7, 11) is 1.72. The smallest absolute Gasteiger partial charge is 0.143 e. The maximum atomic E-state index is 13.8. The topological polar surface area (TPSA) is 52.0 Å². The van der Waals surface area contributed by atoms with Gasteiger partial charge in [-0.3, -0.25) is 5.01 Å². The van der Waals surface area contributed by atoms with Crippen LogP contribution in [0.3, 0.4) is 0 Å². The third-order valence-corrected chi connectivity index (χ3v) is 3.41. The van der Waals surface area contributed by atoms with Gasteiger partial charge in [-0.15, -0.1) is 0 Å². The largest absolute Gasteiger partial charge is 0.286 e. The van der Waals surface area contributed by atoms with E-state index in [0.29, 0.717) is 18.7 Å². The standard InChI is InChI=1S/C14H17FN4/c1-14(10-16)8-4-5-11(15)9-19(17-2)13-7-3-6-12(14)18-13/h3,5-7,17H,4,8-9H2,1-2H3/b11-5+. The number of halogens is 1. The summed E-state index contributed by atoms with van der Waals surface area (Å²) >= 11 is 0. The van der Waals surface area contributed by atoms with E-state index in [1.54, 1.807) is 24.2 Å². The fourth-order valence-corrected chi connectivity index (χ4v) is 2.13. The van der Waals surface area contributed by atoms with Gasteiger partial charge >= 0.3 is 0 Å². The second kappa shape index (κ2) is 5.37. The fourth-order valence-electron chi connectivity index (χ4n) is 2.13. The van der Waals surface area contributed by atoms with E-state index in [1.807, 2.05) is 19.1 Å². The Kier molecular flexibility index (Phi) is 3.82. The quantitative estimate of drug-likeness (QED) is 0.842. The third kappa shape index (κ3) is 2.74. The molecule has 0 spiro atoms. The maximum absolute atomic E-state index is 13.8. The Bertz CT molecular complexity index is 534. The Morgan fingerprint density at radius 3 is 3.00 bits per heavy atom. The molecule has 0 radical (unpaired) electrons. The lowest BCUT2D eigenvalue weighted by Crippen LogP contribution is -2.37. The lowest BCUT2D eigenvalue weighted by molar-refractivity contribution is 0.519. The molecule has 100 valence electrons. The van der Waals surface area contributed by atoms with Crippen molar-refractivity contribution in [2.75, 3.05) is 18.6 Å². The van der Waals surface area contributed by atoms with E-state index in [4.69, 9.17) is 0 Å². The van der Waals surface area contributed by atoms with Crippen molar-refractivity contribution in [3.63, 3.8) is 0 Å². The molecule has 5 heteroatoms. The molecule has 0 saturated carbocycles. The van der Waals surface area contributed by atoms with Crippen LogP contribution in [0.2, 0.25) is 0 Å². The zero-order valence-electron chi connectivity index (χ0n) is 11.2. The summed E-state index contributed by atoms with van der Waals surface area (Å²) in [5.41, 5.74) is 2.95. The molecule has 2 rings (SSSR count). The van der Waals surface area contributed by atoms with Crippen LogP contribution >= 0.6 is 0 Å². The minimum absolute atomic E-state index is 0.135. The van der Waals surface area contributed by atoms with Crippen molar-refractivity contribution in [3.05, 3.63) is 35.8 Å². The minimum Gasteiger partial charge on any atom is -0.286 e. The van der Waals surface area contributed by atoms with Crippen LogP contribution in [-0.4, -0.2) is 18.6 Å². The Hall–Kier alpha value is -1.93. The van der Waals surface area contributed by atoms with Crippen LogP contribution in [-0.2, 0) is 5.41 Å². The van der Waals surface area contributed by atoms with Crippen molar-refractivity contribution in [1.29, 1.82) is 5.26 Å². The molecule has 1 unspecified atom stereocenters. The number of rotatable bonds is 1. The van der Waals surface area contributed by atoms with Crippen LogP contribution in [0.25, 0.3) is 0 Å². The number of aromatic nitrogens is 1. The molecule has 1 atom stereocenters. The van der Waals surface area contributed by atoms with E-state index >= 15 is 0 Å². The first kappa shape index (κ1) is 13.5. The number of pyridine rings is 1. The van der Waals surface area contributed by atoms with Gasteiger partial charge in [0.2, 0.25) is 0 Å². The third-order valence-electron chi connectivity index (χ3n) is 3.41. The van der Waals surface area contributed by atoms with Gasteiger partial charge in [-0.25, -0.2) is 14.8 Å². The molecular formula is C14H17FN4. The zero-order valence-corrected chi connectivity index (χ0v) is 11.2. The summed E-state index contributed by atoms with van der Waals surface area (Å²) in [5.74, 6) is 0.399. The van der Waals surface area contributed by atoms with E-state index in [-0.39, 0.29) is 12.4 Å². The number of anilines is 1. The Balaban J connectivity index is 2.50. The highest BCUT2D eigenvalue weighted by atomic mass is 19.1. The lowest BCUT2D eigenvalue weighted by Gasteiger charge is -2.26. The highest BCUT2D eigenvalue weighted by Crippen LogP contribution is 2.29. The predicted octanol–water partition coefficient (Wildman–Crippen LogP) is 2.45. The molecule has 1 aromatic rings. The summed E-state index contributed by atoms with van der Waals surface area (Å²) in [6.45, 7) is 1.98. The molecule has 0 saturated heterocycles. The van der Waals surface area contributed by atoms with Gasteiger partial charge in [0.25, 0.3) is 0 Å². The van der Waals surface area contributed by atoms with Crippen molar-refractivity contribution in [2.24, 2.45) is 0 Å². The average molecular weight is 260 g/mol. The van der Waals surface area contributed by atoms with E-state index < -0.39 is 5.41 Å². The molecule has 2 heterocycles. The van der Waals surface area contributed by atoms with Gasteiger partial charge in [-0.2, -0.15) is 5.26 Å². The van der Waals surface area contributed by atoms with Crippen LogP contribution in [0.5, 0.6) is 0 Å². The number of nitrogens with one attached hydrogen (secondary N) is 1. The molecule has 1 aromatic heterocycles. The fraction of sp³-hybridized carbons (Fsp3) is 0.429. The summed E-state index contributed by atoms with van der Waals surface area (Å²) in [5, 5.41) is 11.0. The van der Waals surface area contributed by atoms with Gasteiger partial charge in [-0.1, -0.05) is 12.1 Å². The van der Waals surface area contributed by atoms with Crippen LogP contribution in [0.1, 0.15) is 25.5 Å². The summed E-state index contributed by atoms with van der Waals surface area (Å²) in [4.78, 5) is 4.49. The van der Waals surface area contributed by atoms with Crippen molar-refractivity contribution in [2.45, 2.75) is 25.2 Å². The molecule has 1 aliphatic heterocycles. The van der Waals surface area contributed by atoms with E-state index in [2.05, 4.69) is 16.5 Å². The molecule has 2 bridgehead atoms. The Labute approximate surface area is 112 Å². The summed E-state index contributed by atoms with van der Waals surface area (Å²) < 4.78 is 13.8. The van der Waals surface area contributed by atoms with Crippen LogP contribution < -0.4 is 10.4 Å². The number of allylic oxidation sites excluding steroid dienone is 1. The monoisotopic (exact) mass is 260 g/mol. The van der Waals surface area contributed by atoms with Crippen LogP contribution in [0, 0.1) is 11.3 Å². The minimum atomic E-state index is -0.691. The molecule has 1 aliphatic rings. The van der Waals surface area contributed by atoms with E-state index in [1.165, 1.54) is 0 Å².